The van der Waals surface area contributed by atoms with Crippen molar-refractivity contribution in [3.63, 3.8) is 0 Å². The van der Waals surface area contributed by atoms with Crippen molar-refractivity contribution in [1.29, 1.82) is 0 Å². The van der Waals surface area contributed by atoms with E-state index < -0.39 is 17.2 Å². The first-order valence-corrected chi connectivity index (χ1v) is 4.92. The van der Waals surface area contributed by atoms with E-state index in [0.29, 0.717) is 5.52 Å². The van der Waals surface area contributed by atoms with E-state index in [-0.39, 0.29) is 11.1 Å². The highest BCUT2D eigenvalue weighted by molar-refractivity contribution is 5.91. The molecule has 1 heterocycles. The summed E-state index contributed by atoms with van der Waals surface area (Å²) < 4.78 is 19.1. The summed E-state index contributed by atoms with van der Waals surface area (Å²) in [5.41, 5.74) is 0.217. The second-order valence-electron chi connectivity index (χ2n) is 3.61. The van der Waals surface area contributed by atoms with Crippen molar-refractivity contribution < 1.29 is 13.9 Å². The van der Waals surface area contributed by atoms with E-state index in [2.05, 4.69) is 4.74 Å². The second kappa shape index (κ2) is 4.01. The fourth-order valence-electron chi connectivity index (χ4n) is 1.73. The van der Waals surface area contributed by atoms with Gasteiger partial charge in [0.05, 0.1) is 12.6 Å². The minimum Gasteiger partial charge on any atom is -0.464 e. The summed E-state index contributed by atoms with van der Waals surface area (Å²) in [5, 5.41) is 0.236. The summed E-state index contributed by atoms with van der Waals surface area (Å²) >= 11 is 0. The van der Waals surface area contributed by atoms with Crippen molar-refractivity contribution >= 4 is 16.9 Å². The van der Waals surface area contributed by atoms with Crippen molar-refractivity contribution in [3.8, 4) is 0 Å². The largest absolute Gasteiger partial charge is 0.464 e. The molecule has 0 spiro atoms. The number of aromatic nitrogens is 1. The van der Waals surface area contributed by atoms with Gasteiger partial charge in [0.1, 0.15) is 11.5 Å². The third kappa shape index (κ3) is 1.80. The van der Waals surface area contributed by atoms with Crippen molar-refractivity contribution in [1.82, 2.24) is 4.57 Å². The molecule has 0 aliphatic rings. The number of halogens is 1. The number of hydrogen-bond donors (Lipinski definition) is 0. The highest BCUT2D eigenvalue weighted by Crippen LogP contribution is 2.13. The molecule has 0 radical (unpaired) electrons. The van der Waals surface area contributed by atoms with Crippen LogP contribution in [0.25, 0.3) is 10.9 Å². The molecule has 17 heavy (non-hydrogen) atoms. The molecule has 0 N–H and O–H groups in total. The lowest BCUT2D eigenvalue weighted by molar-refractivity contribution is 0.0589. The summed E-state index contributed by atoms with van der Waals surface area (Å²) in [7, 11) is 2.85. The SMILES string of the molecule is COC(=O)c1cc(=O)c2cc(F)ccc2n1C. The van der Waals surface area contributed by atoms with E-state index in [4.69, 9.17) is 0 Å². The molecule has 0 aliphatic heterocycles. The zero-order valence-corrected chi connectivity index (χ0v) is 9.36. The number of nitrogens with zero attached hydrogens (tertiary/aromatic N) is 1. The van der Waals surface area contributed by atoms with E-state index in [0.717, 1.165) is 12.1 Å². The number of rotatable bonds is 1. The summed E-state index contributed by atoms with van der Waals surface area (Å²) in [6.45, 7) is 0. The first kappa shape index (κ1) is 11.3. The molecule has 0 aliphatic carbocycles. The first-order chi connectivity index (χ1) is 8.04. The fraction of sp³-hybridized carbons (Fsp3) is 0.167. The van der Waals surface area contributed by atoms with Gasteiger partial charge in [0.2, 0.25) is 0 Å². The molecule has 2 rings (SSSR count). The minimum absolute atomic E-state index is 0.136. The molecule has 0 amide bonds. The number of aryl methyl sites for hydroxylation is 1. The van der Waals surface area contributed by atoms with Crippen LogP contribution in [0.15, 0.2) is 29.1 Å². The summed E-state index contributed by atoms with van der Waals surface area (Å²) in [4.78, 5) is 23.2. The minimum atomic E-state index is -0.601. The molecule has 4 nitrogen and oxygen atoms in total. The maximum atomic E-state index is 13.0. The predicted octanol–water partition coefficient (Wildman–Crippen LogP) is 1.46. The highest BCUT2D eigenvalue weighted by Gasteiger charge is 2.13. The van der Waals surface area contributed by atoms with Crippen molar-refractivity contribution in [3.05, 3.63) is 46.0 Å². The van der Waals surface area contributed by atoms with Gasteiger partial charge in [-0.2, -0.15) is 0 Å². The zero-order valence-electron chi connectivity index (χ0n) is 9.36. The molecule has 1 aromatic carbocycles. The van der Waals surface area contributed by atoms with Gasteiger partial charge in [0, 0.05) is 18.5 Å². The molecule has 88 valence electrons. The summed E-state index contributed by atoms with van der Waals surface area (Å²) in [5.74, 6) is -1.09. The molecule has 1 aromatic heterocycles. The Morgan fingerprint density at radius 1 is 1.35 bits per heavy atom. The average molecular weight is 235 g/mol. The number of hydrogen-bond acceptors (Lipinski definition) is 3. The number of carbonyl (C=O) groups is 1. The van der Waals surface area contributed by atoms with Gasteiger partial charge in [-0.25, -0.2) is 9.18 Å². The van der Waals surface area contributed by atoms with E-state index in [9.17, 15) is 14.0 Å². The number of benzene rings is 1. The van der Waals surface area contributed by atoms with E-state index in [1.807, 2.05) is 0 Å². The Kier molecular flexibility index (Phi) is 2.67. The Morgan fingerprint density at radius 2 is 2.06 bits per heavy atom. The smallest absolute Gasteiger partial charge is 0.354 e. The van der Waals surface area contributed by atoms with Crippen LogP contribution in [-0.4, -0.2) is 17.6 Å². The molecular formula is C12H10FNO3. The number of methoxy groups -OCH3 is 1. The van der Waals surface area contributed by atoms with Crippen molar-refractivity contribution in [2.45, 2.75) is 0 Å². The van der Waals surface area contributed by atoms with Gasteiger partial charge in [-0.15, -0.1) is 0 Å². The number of ether oxygens (including phenoxy) is 1. The van der Waals surface area contributed by atoms with Crippen molar-refractivity contribution in [2.24, 2.45) is 7.05 Å². The Balaban J connectivity index is 2.86. The van der Waals surface area contributed by atoms with Gasteiger partial charge < -0.3 is 9.30 Å². The molecule has 0 fully saturated rings. The standard InChI is InChI=1S/C12H10FNO3/c1-14-9-4-3-7(13)5-8(9)11(15)6-10(14)12(16)17-2/h3-6H,1-2H3. The monoisotopic (exact) mass is 235 g/mol. The molecule has 0 bridgehead atoms. The predicted molar refractivity (Wildman–Crippen MR) is 60.5 cm³/mol. The average Bonchev–Trinajstić information content (AvgIpc) is 2.32. The van der Waals surface area contributed by atoms with E-state index in [1.54, 1.807) is 7.05 Å². The van der Waals surface area contributed by atoms with Crippen LogP contribution >= 0.6 is 0 Å². The number of carbonyl (C=O) groups excluding carboxylic acids is 1. The van der Waals surface area contributed by atoms with Crippen LogP contribution in [0.2, 0.25) is 0 Å². The topological polar surface area (TPSA) is 48.3 Å². The quantitative estimate of drug-likeness (QED) is 0.703. The highest BCUT2D eigenvalue weighted by atomic mass is 19.1. The van der Waals surface area contributed by atoms with Crippen LogP contribution in [0.4, 0.5) is 4.39 Å². The number of fused-ring (bicyclic) bond motifs is 1. The Labute approximate surface area is 96.2 Å². The van der Waals surface area contributed by atoms with Gasteiger partial charge >= 0.3 is 5.97 Å². The lowest BCUT2D eigenvalue weighted by Gasteiger charge is -2.10. The Morgan fingerprint density at radius 3 is 2.71 bits per heavy atom. The lowest BCUT2D eigenvalue weighted by atomic mass is 10.1. The number of esters is 1. The van der Waals surface area contributed by atoms with Crippen molar-refractivity contribution in [2.75, 3.05) is 7.11 Å². The van der Waals surface area contributed by atoms with Gasteiger partial charge in [0.15, 0.2) is 5.43 Å². The van der Waals surface area contributed by atoms with Crippen LogP contribution in [0.5, 0.6) is 0 Å². The van der Waals surface area contributed by atoms with Crippen LogP contribution in [-0.2, 0) is 11.8 Å². The zero-order chi connectivity index (χ0) is 12.6. The van der Waals surface area contributed by atoms with Crippen LogP contribution in [0.1, 0.15) is 10.5 Å². The second-order valence-corrected chi connectivity index (χ2v) is 3.61. The Bertz CT molecular complexity index is 661. The third-order valence-corrected chi connectivity index (χ3v) is 2.61. The van der Waals surface area contributed by atoms with Gasteiger partial charge in [-0.1, -0.05) is 0 Å². The van der Waals surface area contributed by atoms with Gasteiger partial charge in [-0.05, 0) is 18.2 Å². The maximum absolute atomic E-state index is 13.0. The van der Waals surface area contributed by atoms with Gasteiger partial charge in [0.25, 0.3) is 0 Å². The first-order valence-electron chi connectivity index (χ1n) is 4.92. The van der Waals surface area contributed by atoms with E-state index >= 15 is 0 Å². The van der Waals surface area contributed by atoms with Crippen LogP contribution < -0.4 is 5.43 Å². The third-order valence-electron chi connectivity index (χ3n) is 2.61. The summed E-state index contributed by atoms with van der Waals surface area (Å²) in [6.07, 6.45) is 0. The molecule has 0 saturated heterocycles. The Hall–Kier alpha value is -2.17. The number of pyridine rings is 1. The van der Waals surface area contributed by atoms with Crippen LogP contribution in [0.3, 0.4) is 0 Å². The lowest BCUT2D eigenvalue weighted by Crippen LogP contribution is -2.17. The fourth-order valence-corrected chi connectivity index (χ4v) is 1.73. The molecular weight excluding hydrogens is 225 g/mol. The molecule has 2 aromatic rings. The normalized spacial score (nSPS) is 10.5. The maximum Gasteiger partial charge on any atom is 0.354 e. The molecule has 0 unspecified atom stereocenters. The van der Waals surface area contributed by atoms with E-state index in [1.165, 1.54) is 23.8 Å². The van der Waals surface area contributed by atoms with Gasteiger partial charge in [-0.3, -0.25) is 4.79 Å². The summed E-state index contributed by atoms with van der Waals surface area (Å²) in [6, 6.07) is 4.99. The molecule has 5 heteroatoms. The molecule has 0 saturated carbocycles. The molecule has 0 atom stereocenters. The van der Waals surface area contributed by atoms with Crippen LogP contribution in [0, 0.1) is 5.82 Å².